The number of nitrogens with two attached hydrogens (primary N) is 1. The molecule has 4 nitrogen and oxygen atoms in total. The number of alkyl halides is 2. The van der Waals surface area contributed by atoms with Gasteiger partial charge in [-0.2, -0.15) is 0 Å². The Morgan fingerprint density at radius 2 is 1.76 bits per heavy atom. The van der Waals surface area contributed by atoms with Crippen LogP contribution in [0.3, 0.4) is 0 Å². The first-order valence-electron chi connectivity index (χ1n) is 7.35. The number of hydrogen-bond donors (Lipinski definition) is 1. The minimum Gasteiger partial charge on any atom is -0.322 e. The van der Waals surface area contributed by atoms with E-state index < -0.39 is 35.2 Å². The van der Waals surface area contributed by atoms with Gasteiger partial charge < -0.3 is 5.73 Å². The molecule has 2 N–H and O–H groups in total. The minimum atomic E-state index is -2.91. The van der Waals surface area contributed by atoms with E-state index in [-0.39, 0.29) is 22.4 Å². The van der Waals surface area contributed by atoms with E-state index in [0.29, 0.717) is 6.07 Å². The Bertz CT molecular complexity index is 994. The molecule has 3 rings (SSSR count). The molecule has 1 atom stereocenters. The summed E-state index contributed by atoms with van der Waals surface area (Å²) in [5.74, 6) is -1.83. The summed E-state index contributed by atoms with van der Waals surface area (Å²) in [5.41, 5.74) is 4.33. The highest BCUT2D eigenvalue weighted by atomic mass is 19.3. The molecule has 1 heterocycles. The average molecular weight is 351 g/mol. The summed E-state index contributed by atoms with van der Waals surface area (Å²) in [6.07, 6.45) is -2.91. The first kappa shape index (κ1) is 17.1. The summed E-state index contributed by atoms with van der Waals surface area (Å²) in [4.78, 5) is 17.1. The van der Waals surface area contributed by atoms with Gasteiger partial charge in [-0.05, 0) is 25.1 Å². The summed E-state index contributed by atoms with van der Waals surface area (Å²) < 4.78 is 54.6. The fourth-order valence-corrected chi connectivity index (χ4v) is 2.68. The molecule has 0 amide bonds. The van der Waals surface area contributed by atoms with E-state index in [2.05, 4.69) is 4.98 Å². The van der Waals surface area contributed by atoms with Crippen LogP contribution in [0.4, 0.5) is 17.6 Å². The lowest BCUT2D eigenvalue weighted by Crippen LogP contribution is -2.28. The number of halogens is 4. The predicted molar refractivity (Wildman–Crippen MR) is 84.8 cm³/mol. The summed E-state index contributed by atoms with van der Waals surface area (Å²) in [5, 5.41) is -0.313. The van der Waals surface area contributed by atoms with Gasteiger partial charge in [0.15, 0.2) is 0 Å². The Balaban J connectivity index is 2.48. The second-order valence-corrected chi connectivity index (χ2v) is 5.57. The highest BCUT2D eigenvalue weighted by Gasteiger charge is 2.21. The van der Waals surface area contributed by atoms with Crippen LogP contribution in [0.5, 0.6) is 0 Å². The summed E-state index contributed by atoms with van der Waals surface area (Å²) in [6, 6.07) is 5.55. The molecule has 0 aliphatic carbocycles. The van der Waals surface area contributed by atoms with Crippen LogP contribution in [-0.2, 0) is 0 Å². The molecule has 1 aromatic heterocycles. The topological polar surface area (TPSA) is 60.9 Å². The lowest BCUT2D eigenvalue weighted by molar-refractivity contribution is 0.153. The Labute approximate surface area is 139 Å². The van der Waals surface area contributed by atoms with Crippen LogP contribution in [0.15, 0.2) is 41.2 Å². The first-order valence-corrected chi connectivity index (χ1v) is 7.35. The summed E-state index contributed by atoms with van der Waals surface area (Å²) in [7, 11) is 0. The zero-order valence-electron chi connectivity index (χ0n) is 13.0. The van der Waals surface area contributed by atoms with Crippen LogP contribution in [0.2, 0.25) is 0 Å². The standard InChI is InChI=1S/C17H13F4N3O/c1-8(22)16-23-13-4-2-3-12(15(20)21)14(13)17(25)24(16)11-6-9(18)5-10(19)7-11/h2-8,15H,22H2,1H3. The molecule has 0 aliphatic rings. The van der Waals surface area contributed by atoms with Gasteiger partial charge >= 0.3 is 0 Å². The smallest absolute Gasteiger partial charge is 0.266 e. The van der Waals surface area contributed by atoms with Gasteiger partial charge in [0.05, 0.1) is 22.6 Å². The Morgan fingerprint density at radius 1 is 1.12 bits per heavy atom. The lowest BCUT2D eigenvalue weighted by Gasteiger charge is -2.17. The number of nitrogens with zero attached hydrogens (tertiary/aromatic N) is 2. The van der Waals surface area contributed by atoms with E-state index in [1.54, 1.807) is 0 Å². The highest BCUT2D eigenvalue weighted by molar-refractivity contribution is 5.82. The second-order valence-electron chi connectivity index (χ2n) is 5.57. The third-order valence-electron chi connectivity index (χ3n) is 3.70. The Kier molecular flexibility index (Phi) is 4.30. The molecule has 0 spiro atoms. The molecule has 0 fully saturated rings. The second kappa shape index (κ2) is 6.29. The van der Waals surface area contributed by atoms with Crippen LogP contribution in [0, 0.1) is 11.6 Å². The van der Waals surface area contributed by atoms with Crippen molar-refractivity contribution in [2.45, 2.75) is 19.4 Å². The quantitative estimate of drug-likeness (QED) is 0.733. The van der Waals surface area contributed by atoms with Crippen molar-refractivity contribution >= 4 is 10.9 Å². The van der Waals surface area contributed by atoms with Gasteiger partial charge in [0.2, 0.25) is 0 Å². The first-order chi connectivity index (χ1) is 11.8. The van der Waals surface area contributed by atoms with Gasteiger partial charge in [0, 0.05) is 11.6 Å². The number of benzene rings is 2. The molecule has 0 aliphatic heterocycles. The largest absolute Gasteiger partial charge is 0.322 e. The Hall–Kier alpha value is -2.74. The fraction of sp³-hybridized carbons (Fsp3) is 0.176. The van der Waals surface area contributed by atoms with Crippen molar-refractivity contribution in [3.8, 4) is 5.69 Å². The molecule has 0 saturated carbocycles. The number of aromatic nitrogens is 2. The third kappa shape index (κ3) is 3.00. The van der Waals surface area contributed by atoms with Crippen molar-refractivity contribution in [1.29, 1.82) is 0 Å². The molecular weight excluding hydrogens is 338 g/mol. The van der Waals surface area contributed by atoms with Crippen molar-refractivity contribution < 1.29 is 17.6 Å². The Morgan fingerprint density at radius 3 is 2.32 bits per heavy atom. The van der Waals surface area contributed by atoms with Gasteiger partial charge in [0.25, 0.3) is 12.0 Å². The maximum Gasteiger partial charge on any atom is 0.266 e. The molecule has 1 unspecified atom stereocenters. The zero-order valence-corrected chi connectivity index (χ0v) is 13.0. The van der Waals surface area contributed by atoms with Crippen LogP contribution >= 0.6 is 0 Å². The van der Waals surface area contributed by atoms with E-state index in [9.17, 15) is 22.4 Å². The average Bonchev–Trinajstić information content (AvgIpc) is 2.52. The highest BCUT2D eigenvalue weighted by Crippen LogP contribution is 2.26. The van der Waals surface area contributed by atoms with Crippen LogP contribution in [0.1, 0.15) is 30.8 Å². The maximum atomic E-state index is 13.6. The number of fused-ring (bicyclic) bond motifs is 1. The van der Waals surface area contributed by atoms with Crippen molar-refractivity contribution in [1.82, 2.24) is 9.55 Å². The molecule has 2 aromatic carbocycles. The molecule has 0 radical (unpaired) electrons. The van der Waals surface area contributed by atoms with Gasteiger partial charge in [0.1, 0.15) is 17.5 Å². The molecule has 130 valence electrons. The molecule has 8 heteroatoms. The van der Waals surface area contributed by atoms with E-state index in [0.717, 1.165) is 22.8 Å². The van der Waals surface area contributed by atoms with Gasteiger partial charge in [-0.1, -0.05) is 12.1 Å². The molecule has 25 heavy (non-hydrogen) atoms. The SMILES string of the molecule is CC(N)c1nc2cccc(C(F)F)c2c(=O)n1-c1cc(F)cc(F)c1. The van der Waals surface area contributed by atoms with Crippen molar-refractivity contribution in [2.75, 3.05) is 0 Å². The molecule has 3 aromatic rings. The van der Waals surface area contributed by atoms with Crippen LogP contribution < -0.4 is 11.3 Å². The molecule has 0 saturated heterocycles. The third-order valence-corrected chi connectivity index (χ3v) is 3.70. The van der Waals surface area contributed by atoms with Crippen molar-refractivity contribution in [2.24, 2.45) is 5.73 Å². The minimum absolute atomic E-state index is 0.00826. The number of hydrogen-bond acceptors (Lipinski definition) is 3. The maximum absolute atomic E-state index is 13.6. The number of rotatable bonds is 3. The van der Waals surface area contributed by atoms with Gasteiger partial charge in [-0.15, -0.1) is 0 Å². The molecule has 0 bridgehead atoms. The van der Waals surface area contributed by atoms with Gasteiger partial charge in [-0.25, -0.2) is 22.5 Å². The monoisotopic (exact) mass is 351 g/mol. The predicted octanol–water partition coefficient (Wildman–Crippen LogP) is 3.62. The van der Waals surface area contributed by atoms with E-state index in [1.165, 1.54) is 19.1 Å². The van der Waals surface area contributed by atoms with Crippen LogP contribution in [-0.4, -0.2) is 9.55 Å². The molecular formula is C17H13F4N3O. The zero-order chi connectivity index (χ0) is 18.3. The summed E-state index contributed by atoms with van der Waals surface area (Å²) in [6.45, 7) is 1.52. The normalized spacial score (nSPS) is 12.8. The van der Waals surface area contributed by atoms with Crippen molar-refractivity contribution in [3.63, 3.8) is 0 Å². The lowest BCUT2D eigenvalue weighted by atomic mass is 10.1. The van der Waals surface area contributed by atoms with E-state index in [4.69, 9.17) is 5.73 Å². The van der Waals surface area contributed by atoms with E-state index in [1.807, 2.05) is 0 Å². The van der Waals surface area contributed by atoms with Crippen LogP contribution in [0.25, 0.3) is 16.6 Å². The fourth-order valence-electron chi connectivity index (χ4n) is 2.68. The van der Waals surface area contributed by atoms with Gasteiger partial charge in [-0.3, -0.25) is 9.36 Å². The van der Waals surface area contributed by atoms with Crippen molar-refractivity contribution in [3.05, 3.63) is 69.8 Å². The summed E-state index contributed by atoms with van der Waals surface area (Å²) >= 11 is 0. The van der Waals surface area contributed by atoms with E-state index >= 15 is 0 Å².